The smallest absolute Gasteiger partial charge is 0.254 e. The van der Waals surface area contributed by atoms with Crippen LogP contribution in [0, 0.1) is 0 Å². The number of hydrogen-bond acceptors (Lipinski definition) is 4. The predicted molar refractivity (Wildman–Crippen MR) is 118 cm³/mol. The number of carbonyl (C=O) groups is 1. The minimum atomic E-state index is -0.0293. The number of fused-ring (bicyclic) bond motifs is 4. The van der Waals surface area contributed by atoms with E-state index in [4.69, 9.17) is 0 Å². The lowest BCUT2D eigenvalue weighted by atomic mass is 9.82. The second-order valence-electron chi connectivity index (χ2n) is 9.20. The van der Waals surface area contributed by atoms with Gasteiger partial charge in [0.15, 0.2) is 0 Å². The summed E-state index contributed by atoms with van der Waals surface area (Å²) in [6.07, 6.45) is 14.5. The summed E-state index contributed by atoms with van der Waals surface area (Å²) in [4.78, 5) is 17.5. The number of carbonyl (C=O) groups excluding carboxylic acids is 1. The molecular weight excluding hydrogens is 360 g/mol. The predicted octanol–water partition coefficient (Wildman–Crippen LogP) is 4.05. The fraction of sp³-hybridized carbons (Fsp3) is 0.458. The summed E-state index contributed by atoms with van der Waals surface area (Å²) in [5, 5.41) is 7.59. The van der Waals surface area contributed by atoms with E-state index >= 15 is 0 Å². The minimum Gasteiger partial charge on any atom is -0.374 e. The van der Waals surface area contributed by atoms with Crippen molar-refractivity contribution >= 4 is 23.0 Å². The zero-order chi connectivity index (χ0) is 19.8. The Hall–Kier alpha value is -2.69. The van der Waals surface area contributed by atoms with Crippen LogP contribution < -0.4 is 15.5 Å². The zero-order valence-electron chi connectivity index (χ0n) is 17.2. The molecule has 5 aliphatic rings. The van der Waals surface area contributed by atoms with Gasteiger partial charge in [-0.1, -0.05) is 24.3 Å². The zero-order valence-corrected chi connectivity index (χ0v) is 17.2. The van der Waals surface area contributed by atoms with Crippen molar-refractivity contribution in [3.63, 3.8) is 0 Å². The number of nitrogens with zero attached hydrogens (tertiary/aromatic N) is 2. The van der Waals surface area contributed by atoms with Crippen molar-refractivity contribution in [1.29, 1.82) is 0 Å². The molecule has 1 saturated heterocycles. The van der Waals surface area contributed by atoms with Gasteiger partial charge in [0.05, 0.1) is 28.8 Å². The first-order valence-corrected chi connectivity index (χ1v) is 10.9. The van der Waals surface area contributed by atoms with Crippen LogP contribution in [-0.2, 0) is 6.42 Å². The molecule has 5 heteroatoms. The van der Waals surface area contributed by atoms with Gasteiger partial charge in [0.2, 0.25) is 0 Å². The van der Waals surface area contributed by atoms with E-state index in [1.54, 1.807) is 0 Å². The highest BCUT2D eigenvalue weighted by Crippen LogP contribution is 2.51. The molecule has 2 aliphatic carbocycles. The van der Waals surface area contributed by atoms with Gasteiger partial charge in [-0.2, -0.15) is 0 Å². The van der Waals surface area contributed by atoms with Gasteiger partial charge in [-0.15, -0.1) is 0 Å². The van der Waals surface area contributed by atoms with Crippen molar-refractivity contribution in [2.24, 2.45) is 0 Å². The number of rotatable bonds is 1. The molecule has 1 aromatic carbocycles. The Morgan fingerprint density at radius 3 is 2.86 bits per heavy atom. The van der Waals surface area contributed by atoms with Crippen LogP contribution in [0.25, 0.3) is 0 Å². The lowest BCUT2D eigenvalue weighted by molar-refractivity contribution is 0.0650. The summed E-state index contributed by atoms with van der Waals surface area (Å²) in [7, 11) is 2.11. The third-order valence-corrected chi connectivity index (χ3v) is 7.44. The van der Waals surface area contributed by atoms with Crippen LogP contribution in [0.4, 0.5) is 17.1 Å². The molecule has 6 rings (SSSR count). The number of hydrogen-bond donors (Lipinski definition) is 2. The highest BCUT2D eigenvalue weighted by molar-refractivity contribution is 6.03. The third kappa shape index (κ3) is 2.42. The van der Waals surface area contributed by atoms with E-state index in [0.717, 1.165) is 67.8 Å². The topological polar surface area (TPSA) is 47.6 Å². The van der Waals surface area contributed by atoms with Gasteiger partial charge in [-0.25, -0.2) is 0 Å². The van der Waals surface area contributed by atoms with Crippen LogP contribution in [0.2, 0.25) is 0 Å². The summed E-state index contributed by atoms with van der Waals surface area (Å²) in [6, 6.07) is 2.13. The van der Waals surface area contributed by atoms with Crippen molar-refractivity contribution in [2.75, 3.05) is 35.7 Å². The first-order valence-electron chi connectivity index (χ1n) is 10.9. The molecule has 3 heterocycles. The van der Waals surface area contributed by atoms with E-state index in [1.807, 2.05) is 4.90 Å². The van der Waals surface area contributed by atoms with Crippen molar-refractivity contribution in [3.05, 3.63) is 52.6 Å². The maximum absolute atomic E-state index is 13.2. The molecule has 1 aromatic rings. The molecule has 0 aromatic heterocycles. The SMILES string of the molecule is CC1Nc2c(cc(C(=O)N3CCC3)c3c2NC2(C=C4CC=CC=C4C2)CC3)N1C. The lowest BCUT2D eigenvalue weighted by Crippen LogP contribution is -2.43. The first kappa shape index (κ1) is 17.2. The summed E-state index contributed by atoms with van der Waals surface area (Å²) in [6.45, 7) is 3.95. The molecule has 0 saturated carbocycles. The molecular formula is C24H28N4O. The normalized spacial score (nSPS) is 28.7. The second-order valence-corrected chi connectivity index (χ2v) is 9.20. The van der Waals surface area contributed by atoms with Crippen molar-refractivity contribution in [1.82, 2.24) is 4.90 Å². The van der Waals surface area contributed by atoms with E-state index in [1.165, 1.54) is 16.7 Å². The largest absolute Gasteiger partial charge is 0.374 e. The Bertz CT molecular complexity index is 1020. The molecule has 3 aliphatic heterocycles. The number of anilines is 3. The van der Waals surface area contributed by atoms with Gasteiger partial charge in [0.1, 0.15) is 0 Å². The van der Waals surface area contributed by atoms with Gasteiger partial charge in [-0.05, 0) is 61.8 Å². The fourth-order valence-corrected chi connectivity index (χ4v) is 5.49. The standard InChI is InChI=1S/C24H28N4O/c1-15-25-22-20(27(15)2)12-19(23(29)28-10-5-11-28)18-8-9-24(26-21(18)22)13-16-6-3-4-7-17(16)14-24/h3-4,6,12,14-15,25-26H,5,7-11,13H2,1-2H3. The third-order valence-electron chi connectivity index (χ3n) is 7.44. The number of amides is 1. The Balaban J connectivity index is 1.46. The number of likely N-dealkylation sites (tertiary alicyclic amines) is 1. The van der Waals surface area contributed by atoms with E-state index < -0.39 is 0 Å². The minimum absolute atomic E-state index is 0.0293. The van der Waals surface area contributed by atoms with Gasteiger partial charge in [-0.3, -0.25) is 4.79 Å². The second kappa shape index (κ2) is 5.91. The number of benzene rings is 1. The van der Waals surface area contributed by atoms with Crippen LogP contribution in [0.5, 0.6) is 0 Å². The molecule has 29 heavy (non-hydrogen) atoms. The maximum atomic E-state index is 13.2. The van der Waals surface area contributed by atoms with Gasteiger partial charge in [0, 0.05) is 25.7 Å². The molecule has 2 N–H and O–H groups in total. The molecule has 1 spiro atoms. The summed E-state index contributed by atoms with van der Waals surface area (Å²) in [5.74, 6) is 0.200. The van der Waals surface area contributed by atoms with Crippen LogP contribution >= 0.6 is 0 Å². The lowest BCUT2D eigenvalue weighted by Gasteiger charge is -2.39. The highest BCUT2D eigenvalue weighted by atomic mass is 16.2. The van der Waals surface area contributed by atoms with E-state index in [2.05, 4.69) is 59.9 Å². The molecule has 0 radical (unpaired) electrons. The number of allylic oxidation sites excluding steroid dienone is 4. The van der Waals surface area contributed by atoms with Crippen LogP contribution in [0.15, 0.2) is 41.5 Å². The van der Waals surface area contributed by atoms with E-state index in [0.29, 0.717) is 0 Å². The summed E-state index contributed by atoms with van der Waals surface area (Å²) in [5.41, 5.74) is 8.44. The Kier molecular flexibility index (Phi) is 3.50. The van der Waals surface area contributed by atoms with Gasteiger partial charge < -0.3 is 20.4 Å². The van der Waals surface area contributed by atoms with E-state index in [9.17, 15) is 4.79 Å². The van der Waals surface area contributed by atoms with Crippen molar-refractivity contribution < 1.29 is 4.79 Å². The summed E-state index contributed by atoms with van der Waals surface area (Å²) >= 11 is 0. The molecule has 1 fully saturated rings. The maximum Gasteiger partial charge on any atom is 0.254 e. The van der Waals surface area contributed by atoms with Crippen LogP contribution in [0.1, 0.15) is 48.5 Å². The molecule has 5 nitrogen and oxygen atoms in total. The van der Waals surface area contributed by atoms with Gasteiger partial charge >= 0.3 is 0 Å². The Morgan fingerprint density at radius 1 is 1.24 bits per heavy atom. The van der Waals surface area contributed by atoms with Crippen LogP contribution in [-0.4, -0.2) is 42.6 Å². The number of nitrogens with one attached hydrogen (secondary N) is 2. The molecule has 150 valence electrons. The van der Waals surface area contributed by atoms with Crippen molar-refractivity contribution in [3.8, 4) is 0 Å². The van der Waals surface area contributed by atoms with Gasteiger partial charge in [0.25, 0.3) is 5.91 Å². The van der Waals surface area contributed by atoms with E-state index in [-0.39, 0.29) is 17.6 Å². The quantitative estimate of drug-likeness (QED) is 0.762. The average molecular weight is 389 g/mol. The highest BCUT2D eigenvalue weighted by Gasteiger charge is 2.42. The van der Waals surface area contributed by atoms with Crippen LogP contribution in [0.3, 0.4) is 0 Å². The Morgan fingerprint density at radius 2 is 2.10 bits per heavy atom. The molecule has 0 bridgehead atoms. The molecule has 1 amide bonds. The average Bonchev–Trinajstić information content (AvgIpc) is 3.17. The fourth-order valence-electron chi connectivity index (χ4n) is 5.49. The molecule has 2 unspecified atom stereocenters. The Labute approximate surface area is 172 Å². The monoisotopic (exact) mass is 388 g/mol. The van der Waals surface area contributed by atoms with Crippen molar-refractivity contribution in [2.45, 2.75) is 50.7 Å². The molecule has 2 atom stereocenters. The summed E-state index contributed by atoms with van der Waals surface area (Å²) < 4.78 is 0. The first-order chi connectivity index (χ1) is 14.0.